The van der Waals surface area contributed by atoms with Gasteiger partial charge in [-0.2, -0.15) is 67.9 Å². The highest BCUT2D eigenvalue weighted by molar-refractivity contribution is 7.59. The van der Waals surface area contributed by atoms with Crippen LogP contribution in [0.1, 0.15) is 0 Å². The van der Waals surface area contributed by atoms with Crippen LogP contribution < -0.4 is 0 Å². The first kappa shape index (κ1) is 45.3. The van der Waals surface area contributed by atoms with Gasteiger partial charge in [0.1, 0.15) is 0 Å². The number of nitrogens with zero attached hydrogens (tertiary/aromatic N) is 8. The van der Waals surface area contributed by atoms with E-state index in [-0.39, 0.29) is 27.0 Å². The molecule has 8 rings (SSSR count). The fraction of sp³-hybridized carbons (Fsp3) is 0. The number of benzene rings is 8. The van der Waals surface area contributed by atoms with Crippen molar-refractivity contribution in [1.29, 1.82) is 0 Å². The maximum Gasteiger partial charge on any atom is 0.0857 e. The van der Waals surface area contributed by atoms with Crippen molar-refractivity contribution < 1.29 is 0 Å². The van der Waals surface area contributed by atoms with Gasteiger partial charge in [-0.25, -0.2) is 0 Å². The molecule has 0 unspecified atom stereocenters. The summed E-state index contributed by atoms with van der Waals surface area (Å²) in [5.41, 5.74) is 6.97. The summed E-state index contributed by atoms with van der Waals surface area (Å²) in [5, 5.41) is 32.8. The van der Waals surface area contributed by atoms with Crippen LogP contribution in [-0.2, 0) is 0 Å². The zero-order valence-corrected chi connectivity index (χ0v) is 33.7. The van der Waals surface area contributed by atoms with E-state index in [9.17, 15) is 0 Å². The Morgan fingerprint density at radius 2 is 0.224 bits per heavy atom. The average Bonchev–Trinajstić information content (AvgIpc) is 3.30. The van der Waals surface area contributed by atoms with E-state index in [2.05, 4.69) is 40.9 Å². The second-order valence-electron chi connectivity index (χ2n) is 11.5. The van der Waals surface area contributed by atoms with E-state index in [1.807, 2.05) is 243 Å². The molecule has 0 saturated heterocycles. The minimum absolute atomic E-state index is 0. The highest BCUT2D eigenvalue weighted by Crippen LogP contribution is 2.19. The molecule has 0 atom stereocenters. The van der Waals surface area contributed by atoms with Gasteiger partial charge in [-0.15, -0.1) is 0 Å². The Balaban J connectivity index is 0.000000205. The SMILES string of the molecule is S.S.c1ccc(N=Nc2ccccc2)cc1.c1ccc(N=Nc2ccccc2)cc1.c1ccc(N=Nc2ccccc2)cc1.c1ccc(N=Nc2ccccc2)cc1. The molecule has 0 saturated carbocycles. The molecule has 0 radical (unpaired) electrons. The van der Waals surface area contributed by atoms with Gasteiger partial charge in [0.05, 0.1) is 45.5 Å². The minimum Gasteiger partial charge on any atom is -0.197 e. The molecule has 0 heterocycles. The Bertz CT molecular complexity index is 1810. The number of azo groups is 4. The van der Waals surface area contributed by atoms with Crippen molar-refractivity contribution >= 4 is 72.5 Å². The summed E-state index contributed by atoms with van der Waals surface area (Å²) in [6, 6.07) is 77.5. The van der Waals surface area contributed by atoms with Crippen LogP contribution >= 0.6 is 27.0 Å². The molecule has 8 aromatic rings. The molecule has 0 amide bonds. The lowest BCUT2D eigenvalue weighted by molar-refractivity contribution is 1.23. The standard InChI is InChI=1S/4C12H10N2.2H2S/c4*1-3-7-11(8-4-1)13-14-12-9-5-2-6-10-12;;/h4*1-10H;2*1H2. The van der Waals surface area contributed by atoms with Gasteiger partial charge in [-0.3, -0.25) is 0 Å². The Morgan fingerprint density at radius 3 is 0.310 bits per heavy atom. The maximum absolute atomic E-state index is 4.10. The molecule has 0 bridgehead atoms. The van der Waals surface area contributed by atoms with Gasteiger partial charge in [-0.05, 0) is 97.1 Å². The monoisotopic (exact) mass is 796 g/mol. The van der Waals surface area contributed by atoms with Crippen molar-refractivity contribution in [2.75, 3.05) is 0 Å². The molecule has 8 aromatic carbocycles. The van der Waals surface area contributed by atoms with Crippen molar-refractivity contribution in [3.05, 3.63) is 243 Å². The van der Waals surface area contributed by atoms with Gasteiger partial charge in [-0.1, -0.05) is 146 Å². The zero-order chi connectivity index (χ0) is 38.6. The van der Waals surface area contributed by atoms with Gasteiger partial charge in [0.15, 0.2) is 0 Å². The molecule has 0 aliphatic heterocycles. The normalized spacial score (nSPS) is 10.2. The third kappa shape index (κ3) is 18.9. The second kappa shape index (κ2) is 28.3. The quantitative estimate of drug-likeness (QED) is 0.137. The fourth-order valence-electron chi connectivity index (χ4n) is 4.42. The molecule has 0 aliphatic rings. The lowest BCUT2D eigenvalue weighted by atomic mass is 10.3. The topological polar surface area (TPSA) is 98.9 Å². The molecular weight excluding hydrogens is 753 g/mol. The summed E-state index contributed by atoms with van der Waals surface area (Å²) >= 11 is 0. The predicted octanol–water partition coefficient (Wildman–Crippen LogP) is 16.6. The summed E-state index contributed by atoms with van der Waals surface area (Å²) in [4.78, 5) is 0. The number of hydrogen-bond acceptors (Lipinski definition) is 8. The summed E-state index contributed by atoms with van der Waals surface area (Å²) in [7, 11) is 0. The van der Waals surface area contributed by atoms with Crippen LogP contribution in [0, 0.1) is 0 Å². The van der Waals surface area contributed by atoms with Gasteiger partial charge in [0.25, 0.3) is 0 Å². The molecule has 58 heavy (non-hydrogen) atoms. The van der Waals surface area contributed by atoms with Crippen molar-refractivity contribution in [1.82, 2.24) is 0 Å². The van der Waals surface area contributed by atoms with E-state index in [0.717, 1.165) is 45.5 Å². The maximum atomic E-state index is 4.10. The van der Waals surface area contributed by atoms with Crippen LogP contribution in [0.4, 0.5) is 45.5 Å². The fourth-order valence-corrected chi connectivity index (χ4v) is 4.42. The van der Waals surface area contributed by atoms with Crippen LogP contribution in [0.5, 0.6) is 0 Å². The minimum atomic E-state index is 0. The summed E-state index contributed by atoms with van der Waals surface area (Å²) < 4.78 is 0. The third-order valence-corrected chi connectivity index (χ3v) is 7.17. The second-order valence-corrected chi connectivity index (χ2v) is 11.5. The van der Waals surface area contributed by atoms with Crippen molar-refractivity contribution in [3.63, 3.8) is 0 Å². The Hall–Kier alpha value is -7.14. The Morgan fingerprint density at radius 1 is 0.138 bits per heavy atom. The van der Waals surface area contributed by atoms with E-state index >= 15 is 0 Å². The largest absolute Gasteiger partial charge is 0.197 e. The van der Waals surface area contributed by atoms with Gasteiger partial charge in [0.2, 0.25) is 0 Å². The Kier molecular flexibility index (Phi) is 22.1. The summed E-state index contributed by atoms with van der Waals surface area (Å²) in [5.74, 6) is 0. The third-order valence-electron chi connectivity index (χ3n) is 7.17. The van der Waals surface area contributed by atoms with Crippen LogP contribution in [0.25, 0.3) is 0 Å². The highest BCUT2D eigenvalue weighted by Gasteiger charge is 1.90. The molecule has 8 nitrogen and oxygen atoms in total. The molecular formula is C48H44N8S2. The van der Waals surface area contributed by atoms with E-state index < -0.39 is 0 Å². The van der Waals surface area contributed by atoms with Crippen LogP contribution in [-0.4, -0.2) is 0 Å². The van der Waals surface area contributed by atoms with Gasteiger partial charge in [0, 0.05) is 0 Å². The van der Waals surface area contributed by atoms with E-state index in [0.29, 0.717) is 0 Å². The highest BCUT2D eigenvalue weighted by atomic mass is 32.1. The molecule has 0 spiro atoms. The lowest BCUT2D eigenvalue weighted by Crippen LogP contribution is -1.62. The molecule has 0 N–H and O–H groups in total. The Labute approximate surface area is 354 Å². The molecule has 0 aliphatic carbocycles. The van der Waals surface area contributed by atoms with Crippen LogP contribution in [0.3, 0.4) is 0 Å². The smallest absolute Gasteiger partial charge is 0.0857 e. The van der Waals surface area contributed by atoms with Crippen LogP contribution in [0.2, 0.25) is 0 Å². The average molecular weight is 797 g/mol. The first-order valence-electron chi connectivity index (χ1n) is 17.9. The number of rotatable bonds is 8. The summed E-state index contributed by atoms with van der Waals surface area (Å²) in [6.07, 6.45) is 0. The molecule has 288 valence electrons. The van der Waals surface area contributed by atoms with E-state index in [1.165, 1.54) is 0 Å². The molecule has 0 fully saturated rings. The first-order valence-corrected chi connectivity index (χ1v) is 17.9. The van der Waals surface area contributed by atoms with Crippen molar-refractivity contribution in [2.45, 2.75) is 0 Å². The first-order chi connectivity index (χ1) is 27.8. The number of hydrogen-bond donors (Lipinski definition) is 0. The van der Waals surface area contributed by atoms with Crippen molar-refractivity contribution in [3.8, 4) is 0 Å². The van der Waals surface area contributed by atoms with E-state index in [1.54, 1.807) is 0 Å². The molecule has 0 aromatic heterocycles. The van der Waals surface area contributed by atoms with Gasteiger partial charge < -0.3 is 0 Å². The predicted molar refractivity (Wildman–Crippen MR) is 249 cm³/mol. The molecule has 10 heteroatoms. The lowest BCUT2D eigenvalue weighted by Gasteiger charge is -1.91. The zero-order valence-electron chi connectivity index (χ0n) is 31.7. The van der Waals surface area contributed by atoms with E-state index in [4.69, 9.17) is 0 Å². The van der Waals surface area contributed by atoms with Gasteiger partial charge >= 0.3 is 0 Å². The summed E-state index contributed by atoms with van der Waals surface area (Å²) in [6.45, 7) is 0. The van der Waals surface area contributed by atoms with Crippen LogP contribution in [0.15, 0.2) is 284 Å². The van der Waals surface area contributed by atoms with Crippen molar-refractivity contribution in [2.24, 2.45) is 40.9 Å².